The van der Waals surface area contributed by atoms with Gasteiger partial charge in [0, 0.05) is 35.8 Å². The maximum absolute atomic E-state index is 6.20. The van der Waals surface area contributed by atoms with Gasteiger partial charge in [0.1, 0.15) is 0 Å². The molecule has 0 aliphatic carbocycles. The van der Waals surface area contributed by atoms with Crippen molar-refractivity contribution in [1.82, 2.24) is 15.4 Å². The third-order valence-electron chi connectivity index (χ3n) is 3.34. The molecule has 4 nitrogen and oxygen atoms in total. The lowest BCUT2D eigenvalue weighted by molar-refractivity contribution is 0.237. The van der Waals surface area contributed by atoms with Gasteiger partial charge in [0.05, 0.1) is 18.8 Å². The van der Waals surface area contributed by atoms with E-state index in [0.717, 1.165) is 35.8 Å². The summed E-state index contributed by atoms with van der Waals surface area (Å²) in [5.41, 5.74) is 5.18. The monoisotopic (exact) mass is 312 g/mol. The van der Waals surface area contributed by atoms with Gasteiger partial charge in [0.25, 0.3) is 0 Å². The van der Waals surface area contributed by atoms with Crippen molar-refractivity contribution in [2.24, 2.45) is 5.10 Å². The first kappa shape index (κ1) is 14.7. The molecule has 5 heteroatoms. The number of hydrazine groups is 1. The molecule has 1 N–H and O–H groups in total. The van der Waals surface area contributed by atoms with Crippen molar-refractivity contribution in [3.05, 3.63) is 59.3 Å². The third-order valence-corrected chi connectivity index (χ3v) is 3.67. The number of hydrazone groups is 1. The minimum absolute atomic E-state index is 0.691. The Morgan fingerprint density at radius 3 is 3.00 bits per heavy atom. The third kappa shape index (κ3) is 3.70. The van der Waals surface area contributed by atoms with Gasteiger partial charge in [0.15, 0.2) is 0 Å². The Hall–Kier alpha value is -2.22. The minimum Gasteiger partial charge on any atom is -0.305 e. The van der Waals surface area contributed by atoms with Crippen LogP contribution in [0.2, 0.25) is 5.02 Å². The maximum Gasteiger partial charge on any atom is 0.0865 e. The minimum atomic E-state index is 0.691. The number of rotatable bonds is 3. The average Bonchev–Trinajstić information content (AvgIpc) is 3.02. The molecule has 0 bridgehead atoms. The van der Waals surface area contributed by atoms with Gasteiger partial charge in [-0.15, -0.1) is 0 Å². The summed E-state index contributed by atoms with van der Waals surface area (Å²) in [5, 5.41) is 7.12. The van der Waals surface area contributed by atoms with E-state index in [4.69, 9.17) is 11.6 Å². The van der Waals surface area contributed by atoms with E-state index < -0.39 is 0 Å². The van der Waals surface area contributed by atoms with Crippen LogP contribution in [0, 0.1) is 12.0 Å². The summed E-state index contributed by atoms with van der Waals surface area (Å²) in [7, 11) is 0. The van der Waals surface area contributed by atoms with Crippen molar-refractivity contribution >= 4 is 17.3 Å². The molecule has 2 heterocycles. The van der Waals surface area contributed by atoms with Crippen LogP contribution < -0.4 is 5.43 Å². The lowest BCUT2D eigenvalue weighted by Gasteiger charge is -2.12. The van der Waals surface area contributed by atoms with E-state index >= 15 is 0 Å². The van der Waals surface area contributed by atoms with Gasteiger partial charge in [-0.2, -0.15) is 5.10 Å². The number of benzene rings is 1. The van der Waals surface area contributed by atoms with Crippen LogP contribution in [0.1, 0.15) is 12.0 Å². The van der Waals surface area contributed by atoms with Crippen LogP contribution in [0.5, 0.6) is 0 Å². The Kier molecular flexibility index (Phi) is 4.79. The highest BCUT2D eigenvalue weighted by atomic mass is 35.5. The smallest absolute Gasteiger partial charge is 0.0865 e. The van der Waals surface area contributed by atoms with Crippen LogP contribution in [0.15, 0.2) is 53.8 Å². The van der Waals surface area contributed by atoms with E-state index in [2.05, 4.69) is 28.6 Å². The molecule has 2 aliphatic heterocycles. The SMILES string of the molecule is Clc1ccccc1C1=NN(CCC#CN2C=CC=CC2)NC1. The first-order valence-corrected chi connectivity index (χ1v) is 7.62. The number of nitrogens with one attached hydrogen (secondary N) is 1. The fourth-order valence-corrected chi connectivity index (χ4v) is 2.47. The Balaban J connectivity index is 1.53. The lowest BCUT2D eigenvalue weighted by Crippen LogP contribution is -2.29. The van der Waals surface area contributed by atoms with E-state index in [1.54, 1.807) is 0 Å². The highest BCUT2D eigenvalue weighted by Crippen LogP contribution is 2.17. The number of hydrogen-bond acceptors (Lipinski definition) is 4. The van der Waals surface area contributed by atoms with Gasteiger partial charge in [-0.05, 0) is 12.1 Å². The normalized spacial score (nSPS) is 16.5. The Bertz CT molecular complexity index is 681. The number of allylic oxidation sites excluding steroid dienone is 2. The average molecular weight is 313 g/mol. The zero-order valence-electron chi connectivity index (χ0n) is 12.2. The highest BCUT2D eigenvalue weighted by molar-refractivity contribution is 6.34. The summed E-state index contributed by atoms with van der Waals surface area (Å²) in [4.78, 5) is 1.97. The molecule has 0 aromatic heterocycles. The van der Waals surface area contributed by atoms with Gasteiger partial charge in [0.2, 0.25) is 0 Å². The van der Waals surface area contributed by atoms with Gasteiger partial charge in [-0.1, -0.05) is 47.9 Å². The first-order chi connectivity index (χ1) is 10.8. The molecule has 0 unspecified atom stereocenters. The van der Waals surface area contributed by atoms with E-state index in [1.807, 2.05) is 52.6 Å². The standard InChI is InChI=1S/C17H17ClN4/c18-16-9-3-2-8-15(16)17-14-19-22(20-17)13-7-6-12-21-10-4-1-5-11-21/h1-5,8-10,19H,7,11,13-14H2. The summed E-state index contributed by atoms with van der Waals surface area (Å²) < 4.78 is 0. The van der Waals surface area contributed by atoms with Crippen molar-refractivity contribution in [2.75, 3.05) is 19.6 Å². The van der Waals surface area contributed by atoms with Crippen LogP contribution in [0.25, 0.3) is 0 Å². The van der Waals surface area contributed by atoms with E-state index in [-0.39, 0.29) is 0 Å². The van der Waals surface area contributed by atoms with Crippen molar-refractivity contribution < 1.29 is 0 Å². The lowest BCUT2D eigenvalue weighted by atomic mass is 10.1. The van der Waals surface area contributed by atoms with Crippen LogP contribution in [-0.4, -0.2) is 35.4 Å². The number of hydrogen-bond donors (Lipinski definition) is 1. The fourth-order valence-electron chi connectivity index (χ4n) is 2.23. The number of halogens is 1. The Labute approximate surface area is 135 Å². The van der Waals surface area contributed by atoms with Crippen LogP contribution >= 0.6 is 11.6 Å². The van der Waals surface area contributed by atoms with E-state index in [9.17, 15) is 0 Å². The van der Waals surface area contributed by atoms with Gasteiger partial charge < -0.3 is 4.90 Å². The van der Waals surface area contributed by atoms with E-state index in [1.165, 1.54) is 0 Å². The van der Waals surface area contributed by atoms with Crippen molar-refractivity contribution in [2.45, 2.75) is 6.42 Å². The molecule has 0 spiro atoms. The molecule has 0 radical (unpaired) electrons. The van der Waals surface area contributed by atoms with Crippen LogP contribution in [0.3, 0.4) is 0 Å². The second-order valence-electron chi connectivity index (χ2n) is 4.95. The second kappa shape index (κ2) is 7.17. The summed E-state index contributed by atoms with van der Waals surface area (Å²) in [6.45, 7) is 2.28. The topological polar surface area (TPSA) is 30.9 Å². The quantitative estimate of drug-likeness (QED) is 0.870. The van der Waals surface area contributed by atoms with Gasteiger partial charge >= 0.3 is 0 Å². The molecule has 0 atom stereocenters. The molecule has 0 fully saturated rings. The molecule has 22 heavy (non-hydrogen) atoms. The Morgan fingerprint density at radius 1 is 1.27 bits per heavy atom. The molecular weight excluding hydrogens is 296 g/mol. The van der Waals surface area contributed by atoms with Crippen molar-refractivity contribution in [1.29, 1.82) is 0 Å². The molecule has 112 valence electrons. The van der Waals surface area contributed by atoms with Gasteiger partial charge in [-0.3, -0.25) is 0 Å². The predicted octanol–water partition coefficient (Wildman–Crippen LogP) is 2.60. The molecule has 0 amide bonds. The summed E-state index contributed by atoms with van der Waals surface area (Å²) in [6, 6.07) is 10.9. The maximum atomic E-state index is 6.20. The zero-order chi connectivity index (χ0) is 15.2. The molecule has 1 aromatic rings. The first-order valence-electron chi connectivity index (χ1n) is 7.25. The van der Waals surface area contributed by atoms with Crippen molar-refractivity contribution in [3.63, 3.8) is 0 Å². The van der Waals surface area contributed by atoms with Gasteiger partial charge in [-0.25, -0.2) is 10.5 Å². The summed E-state index contributed by atoms with van der Waals surface area (Å²) >= 11 is 6.20. The zero-order valence-corrected chi connectivity index (χ0v) is 12.9. The Morgan fingerprint density at radius 2 is 2.18 bits per heavy atom. The second-order valence-corrected chi connectivity index (χ2v) is 5.35. The molecule has 1 aromatic carbocycles. The van der Waals surface area contributed by atoms with E-state index in [0.29, 0.717) is 6.54 Å². The highest BCUT2D eigenvalue weighted by Gasteiger charge is 2.16. The number of nitrogens with zero attached hydrogens (tertiary/aromatic N) is 3. The molecule has 0 saturated carbocycles. The molecular formula is C17H17ClN4. The fraction of sp³-hybridized carbons (Fsp3) is 0.235. The molecule has 0 saturated heterocycles. The largest absolute Gasteiger partial charge is 0.305 e. The molecule has 2 aliphatic rings. The van der Waals surface area contributed by atoms with Crippen LogP contribution in [0.4, 0.5) is 0 Å². The molecule has 3 rings (SSSR count). The van der Waals surface area contributed by atoms with Crippen LogP contribution in [-0.2, 0) is 0 Å². The predicted molar refractivity (Wildman–Crippen MR) is 90.1 cm³/mol. The summed E-state index contributed by atoms with van der Waals surface area (Å²) in [6.07, 6.45) is 8.82. The summed E-state index contributed by atoms with van der Waals surface area (Å²) in [5.74, 6) is 3.16. The van der Waals surface area contributed by atoms with Crippen molar-refractivity contribution in [3.8, 4) is 12.0 Å².